The quantitative estimate of drug-likeness (QED) is 0.339. The third-order valence-electron chi connectivity index (χ3n) is 5.19. The summed E-state index contributed by atoms with van der Waals surface area (Å²) in [4.78, 5) is 18.1. The van der Waals surface area contributed by atoms with E-state index in [1.165, 1.54) is 0 Å². The Bertz CT molecular complexity index is 1230. The van der Waals surface area contributed by atoms with E-state index in [1.54, 1.807) is 0 Å². The third-order valence-corrected chi connectivity index (χ3v) is 5.19. The fourth-order valence-electron chi connectivity index (χ4n) is 3.75. The number of aryl methyl sites for hydroxylation is 2. The highest BCUT2D eigenvalue weighted by atomic mass is 16.5. The molecule has 0 atom stereocenters. The highest BCUT2D eigenvalue weighted by molar-refractivity contribution is 6.04. The minimum absolute atomic E-state index is 0.306. The van der Waals surface area contributed by atoms with E-state index in [0.717, 1.165) is 39.1 Å². The van der Waals surface area contributed by atoms with Crippen molar-refractivity contribution in [2.75, 3.05) is 6.61 Å². The van der Waals surface area contributed by atoms with Gasteiger partial charge in [-0.25, -0.2) is 9.78 Å². The Morgan fingerprint density at radius 3 is 2.03 bits per heavy atom. The fourth-order valence-corrected chi connectivity index (χ4v) is 3.75. The Labute approximate surface area is 183 Å². The highest BCUT2D eigenvalue weighted by Gasteiger charge is 2.23. The van der Waals surface area contributed by atoms with Crippen LogP contribution in [0.3, 0.4) is 0 Å². The van der Waals surface area contributed by atoms with E-state index in [1.807, 2.05) is 80.6 Å². The molecule has 0 aliphatic heterocycles. The standard InChI is InChI=1S/C28H25NO2/c1-4-31-28(30)26-24(22-14-8-10-19(2)16-22)18-25(23-15-9-11-20(3)17-23)29-27(26)21-12-6-5-7-13-21/h5-18H,4H2,1-3H3. The Morgan fingerprint density at radius 2 is 1.39 bits per heavy atom. The van der Waals surface area contributed by atoms with Gasteiger partial charge >= 0.3 is 5.97 Å². The maximum atomic E-state index is 13.2. The summed E-state index contributed by atoms with van der Waals surface area (Å²) >= 11 is 0. The monoisotopic (exact) mass is 407 g/mol. The molecule has 31 heavy (non-hydrogen) atoms. The van der Waals surface area contributed by atoms with Gasteiger partial charge in [-0.05, 0) is 38.5 Å². The minimum Gasteiger partial charge on any atom is -0.462 e. The smallest absolute Gasteiger partial charge is 0.340 e. The lowest BCUT2D eigenvalue weighted by atomic mass is 9.93. The molecule has 0 radical (unpaired) electrons. The summed E-state index contributed by atoms with van der Waals surface area (Å²) in [5.74, 6) is -0.360. The first-order valence-electron chi connectivity index (χ1n) is 10.5. The van der Waals surface area contributed by atoms with E-state index in [2.05, 4.69) is 25.1 Å². The van der Waals surface area contributed by atoms with Crippen LogP contribution < -0.4 is 0 Å². The summed E-state index contributed by atoms with van der Waals surface area (Å²) < 4.78 is 5.47. The molecule has 0 fully saturated rings. The zero-order chi connectivity index (χ0) is 21.8. The molecular weight excluding hydrogens is 382 g/mol. The molecule has 0 aliphatic carbocycles. The van der Waals surface area contributed by atoms with Crippen LogP contribution >= 0.6 is 0 Å². The maximum Gasteiger partial charge on any atom is 0.340 e. The lowest BCUT2D eigenvalue weighted by Crippen LogP contribution is -2.10. The number of hydrogen-bond acceptors (Lipinski definition) is 3. The number of hydrogen-bond donors (Lipinski definition) is 0. The van der Waals surface area contributed by atoms with Gasteiger partial charge < -0.3 is 4.74 Å². The molecule has 0 N–H and O–H groups in total. The van der Waals surface area contributed by atoms with Gasteiger partial charge in [0.1, 0.15) is 0 Å². The summed E-state index contributed by atoms with van der Waals surface area (Å²) in [6.45, 7) is 6.24. The second kappa shape index (κ2) is 8.97. The molecule has 4 rings (SSSR count). The van der Waals surface area contributed by atoms with Crippen LogP contribution in [0.25, 0.3) is 33.6 Å². The van der Waals surface area contributed by atoms with E-state index in [9.17, 15) is 4.79 Å². The largest absolute Gasteiger partial charge is 0.462 e. The molecule has 0 aliphatic rings. The first-order valence-corrected chi connectivity index (χ1v) is 10.5. The van der Waals surface area contributed by atoms with Gasteiger partial charge in [-0.2, -0.15) is 0 Å². The van der Waals surface area contributed by atoms with Crippen molar-refractivity contribution in [1.82, 2.24) is 4.98 Å². The molecule has 3 aromatic carbocycles. The molecule has 0 bridgehead atoms. The van der Waals surface area contributed by atoms with Gasteiger partial charge in [-0.1, -0.05) is 83.9 Å². The average Bonchev–Trinajstić information content (AvgIpc) is 2.79. The average molecular weight is 408 g/mol. The van der Waals surface area contributed by atoms with Crippen molar-refractivity contribution in [1.29, 1.82) is 0 Å². The Morgan fingerprint density at radius 1 is 0.774 bits per heavy atom. The van der Waals surface area contributed by atoms with Crippen LogP contribution in [0.15, 0.2) is 84.9 Å². The molecule has 1 aromatic heterocycles. The predicted molar refractivity (Wildman–Crippen MR) is 126 cm³/mol. The van der Waals surface area contributed by atoms with Gasteiger partial charge in [-0.3, -0.25) is 0 Å². The second-order valence-electron chi connectivity index (χ2n) is 7.60. The van der Waals surface area contributed by atoms with Crippen molar-refractivity contribution in [3.63, 3.8) is 0 Å². The van der Waals surface area contributed by atoms with Crippen molar-refractivity contribution >= 4 is 5.97 Å². The zero-order valence-electron chi connectivity index (χ0n) is 18.1. The SMILES string of the molecule is CCOC(=O)c1c(-c2cccc(C)c2)cc(-c2cccc(C)c2)nc1-c1ccccc1. The molecule has 154 valence electrons. The number of esters is 1. The van der Waals surface area contributed by atoms with Crippen molar-refractivity contribution in [3.05, 3.63) is 102 Å². The lowest BCUT2D eigenvalue weighted by Gasteiger charge is -2.17. The summed E-state index contributed by atoms with van der Waals surface area (Å²) in [6, 6.07) is 28.3. The third kappa shape index (κ3) is 4.41. The summed E-state index contributed by atoms with van der Waals surface area (Å²) in [5, 5.41) is 0. The van der Waals surface area contributed by atoms with Crippen molar-refractivity contribution in [2.45, 2.75) is 20.8 Å². The Kier molecular flexibility index (Phi) is 5.94. The van der Waals surface area contributed by atoms with Gasteiger partial charge in [0.2, 0.25) is 0 Å². The summed E-state index contributed by atoms with van der Waals surface area (Å²) in [5.41, 5.74) is 7.94. The molecule has 0 unspecified atom stereocenters. The molecule has 0 amide bonds. The fraction of sp³-hybridized carbons (Fsp3) is 0.143. The van der Waals surface area contributed by atoms with Gasteiger partial charge in [0, 0.05) is 16.7 Å². The number of aromatic nitrogens is 1. The molecular formula is C28H25NO2. The molecule has 0 saturated heterocycles. The number of nitrogens with zero attached hydrogens (tertiary/aromatic N) is 1. The van der Waals surface area contributed by atoms with Crippen molar-refractivity contribution < 1.29 is 9.53 Å². The second-order valence-corrected chi connectivity index (χ2v) is 7.60. The van der Waals surface area contributed by atoms with Gasteiger partial charge in [0.15, 0.2) is 0 Å². The first kappa shape index (κ1) is 20.5. The Balaban J connectivity index is 2.07. The van der Waals surface area contributed by atoms with Crippen LogP contribution in [0, 0.1) is 13.8 Å². The minimum atomic E-state index is -0.360. The van der Waals surface area contributed by atoms with Crippen LogP contribution in [-0.2, 0) is 4.74 Å². The van der Waals surface area contributed by atoms with Crippen molar-refractivity contribution in [3.8, 4) is 33.6 Å². The van der Waals surface area contributed by atoms with Gasteiger partial charge in [0.05, 0.1) is 23.6 Å². The zero-order valence-corrected chi connectivity index (χ0v) is 18.1. The predicted octanol–water partition coefficient (Wildman–Crippen LogP) is 6.88. The van der Waals surface area contributed by atoms with E-state index in [-0.39, 0.29) is 5.97 Å². The molecule has 0 spiro atoms. The molecule has 0 saturated carbocycles. The number of ether oxygens (including phenoxy) is 1. The number of carbonyl (C=O) groups is 1. The van der Waals surface area contributed by atoms with E-state index in [4.69, 9.17) is 9.72 Å². The van der Waals surface area contributed by atoms with E-state index >= 15 is 0 Å². The lowest BCUT2D eigenvalue weighted by molar-refractivity contribution is 0.0528. The summed E-state index contributed by atoms with van der Waals surface area (Å²) in [6.07, 6.45) is 0. The first-order chi connectivity index (χ1) is 15.1. The van der Waals surface area contributed by atoms with Crippen LogP contribution in [0.1, 0.15) is 28.4 Å². The van der Waals surface area contributed by atoms with E-state index < -0.39 is 0 Å². The van der Waals surface area contributed by atoms with E-state index in [0.29, 0.717) is 17.9 Å². The van der Waals surface area contributed by atoms with Crippen LogP contribution in [0.5, 0.6) is 0 Å². The summed E-state index contributed by atoms with van der Waals surface area (Å²) in [7, 11) is 0. The molecule has 3 heteroatoms. The molecule has 4 aromatic rings. The van der Waals surface area contributed by atoms with Crippen LogP contribution in [0.4, 0.5) is 0 Å². The molecule has 3 nitrogen and oxygen atoms in total. The molecule has 1 heterocycles. The Hall–Kier alpha value is -3.72. The highest BCUT2D eigenvalue weighted by Crippen LogP contribution is 2.36. The maximum absolute atomic E-state index is 13.2. The number of benzene rings is 3. The van der Waals surface area contributed by atoms with Gasteiger partial charge in [-0.15, -0.1) is 0 Å². The normalized spacial score (nSPS) is 10.7. The van der Waals surface area contributed by atoms with Gasteiger partial charge in [0.25, 0.3) is 0 Å². The van der Waals surface area contributed by atoms with Crippen molar-refractivity contribution in [2.24, 2.45) is 0 Å². The topological polar surface area (TPSA) is 39.2 Å². The number of carbonyl (C=O) groups excluding carboxylic acids is 1. The number of pyridine rings is 1. The van der Waals surface area contributed by atoms with Crippen LogP contribution in [-0.4, -0.2) is 17.6 Å². The van der Waals surface area contributed by atoms with Crippen LogP contribution in [0.2, 0.25) is 0 Å². The number of rotatable bonds is 5.